The Bertz CT molecular complexity index is 3540. The fraction of sp³-hybridized carbons (Fsp3) is 0.133. The van der Waals surface area contributed by atoms with Crippen LogP contribution in [0.25, 0.3) is 76.8 Å². The van der Waals surface area contributed by atoms with Crippen LogP contribution in [0.2, 0.25) is 0 Å². The molecule has 0 fully saturated rings. The monoisotopic (exact) mass is 818 g/mol. The van der Waals surface area contributed by atoms with Gasteiger partial charge in [-0.05, 0) is 224 Å². The standard InChI is InChI=1S/C60H44B2O2/c1-29-17-33(5)53(34(6)18-29)37-25-39-43-21-31(3)23-51-59(43)62(46-14-10-12-16-50(46)63-51)48-28-42-38(54-35(7)19-30(2)20-36(54)8)26-40-44-22-32(4)24-52-60(44)61(45-13-9-11-15-49(45)64-52)47-27-41(37)57(55(39)48)58(42)56(40)47/h9-28H,1-8H3. The van der Waals surface area contributed by atoms with Gasteiger partial charge < -0.3 is 9.47 Å². The Morgan fingerprint density at radius 3 is 1.09 bits per heavy atom. The van der Waals surface area contributed by atoms with Crippen molar-refractivity contribution in [1.82, 2.24) is 0 Å². The lowest BCUT2D eigenvalue weighted by atomic mass is 9.31. The summed E-state index contributed by atoms with van der Waals surface area (Å²) < 4.78 is 13.8. The van der Waals surface area contributed by atoms with E-state index in [1.165, 1.54) is 154 Å². The quantitative estimate of drug-likeness (QED) is 0.128. The molecule has 0 N–H and O–H groups in total. The summed E-state index contributed by atoms with van der Waals surface area (Å²) in [6, 6.07) is 46.7. The van der Waals surface area contributed by atoms with Gasteiger partial charge in [-0.15, -0.1) is 0 Å². The minimum absolute atomic E-state index is 0.0109. The maximum absolute atomic E-state index is 6.90. The van der Waals surface area contributed by atoms with Gasteiger partial charge in [0.05, 0.1) is 0 Å². The second-order valence-electron chi connectivity index (χ2n) is 19.6. The molecule has 0 radical (unpaired) electrons. The van der Waals surface area contributed by atoms with E-state index in [2.05, 4.69) is 177 Å². The highest BCUT2D eigenvalue weighted by Crippen LogP contribution is 2.52. The molecule has 4 heteroatoms. The molecule has 2 nitrogen and oxygen atoms in total. The molecule has 0 atom stereocenters. The van der Waals surface area contributed by atoms with E-state index in [-0.39, 0.29) is 13.4 Å². The van der Waals surface area contributed by atoms with Crippen LogP contribution in [0.4, 0.5) is 0 Å². The minimum Gasteiger partial charge on any atom is -0.458 e. The summed E-state index contributed by atoms with van der Waals surface area (Å²) in [6.45, 7) is 18.1. The van der Waals surface area contributed by atoms with E-state index < -0.39 is 0 Å². The Hall–Kier alpha value is -7.03. The molecule has 0 saturated carbocycles. The number of ether oxygens (including phenoxy) is 2. The molecule has 14 rings (SSSR count). The van der Waals surface area contributed by atoms with E-state index in [1.807, 2.05) is 0 Å². The van der Waals surface area contributed by atoms with Crippen LogP contribution in [0.3, 0.4) is 0 Å². The summed E-state index contributed by atoms with van der Waals surface area (Å²) in [7, 11) is 0. The smallest absolute Gasteiger partial charge is 0.252 e. The van der Waals surface area contributed by atoms with Crippen LogP contribution < -0.4 is 42.3 Å². The Morgan fingerprint density at radius 2 is 0.688 bits per heavy atom. The number of fused-ring (bicyclic) bond motifs is 8. The van der Waals surface area contributed by atoms with Gasteiger partial charge in [0, 0.05) is 0 Å². The van der Waals surface area contributed by atoms with Crippen molar-refractivity contribution >= 4 is 78.5 Å². The predicted molar refractivity (Wildman–Crippen MR) is 272 cm³/mol. The molecule has 0 aromatic heterocycles. The van der Waals surface area contributed by atoms with Gasteiger partial charge in [0.2, 0.25) is 0 Å². The van der Waals surface area contributed by atoms with Crippen molar-refractivity contribution in [3.63, 3.8) is 0 Å². The lowest BCUT2D eigenvalue weighted by Crippen LogP contribution is -2.58. The highest BCUT2D eigenvalue weighted by molar-refractivity contribution is 7.01. The highest BCUT2D eigenvalue weighted by atomic mass is 16.5. The molecule has 4 aliphatic heterocycles. The van der Waals surface area contributed by atoms with Gasteiger partial charge in [-0.1, -0.05) is 107 Å². The number of aryl methyl sites for hydroxylation is 8. The molecule has 0 unspecified atom stereocenters. The average Bonchev–Trinajstić information content (AvgIpc) is 3.25. The van der Waals surface area contributed by atoms with Crippen LogP contribution in [-0.2, 0) is 0 Å². The molecule has 10 aromatic carbocycles. The first kappa shape index (κ1) is 36.5. The Balaban J connectivity index is 1.28. The lowest BCUT2D eigenvalue weighted by Gasteiger charge is -2.38. The number of para-hydroxylation sites is 2. The Morgan fingerprint density at radius 1 is 0.312 bits per heavy atom. The van der Waals surface area contributed by atoms with Crippen LogP contribution in [0.1, 0.15) is 44.5 Å². The van der Waals surface area contributed by atoms with E-state index in [0.29, 0.717) is 0 Å². The number of benzene rings is 10. The molecule has 4 aliphatic rings. The number of hydrogen-bond acceptors (Lipinski definition) is 2. The zero-order chi connectivity index (χ0) is 43.2. The molecular weight excluding hydrogens is 774 g/mol. The van der Waals surface area contributed by atoms with Gasteiger partial charge in [0.15, 0.2) is 0 Å². The van der Waals surface area contributed by atoms with Crippen LogP contribution in [0, 0.1) is 55.4 Å². The molecule has 0 amide bonds. The maximum atomic E-state index is 6.90. The summed E-state index contributed by atoms with van der Waals surface area (Å²) in [4.78, 5) is 0. The fourth-order valence-electron chi connectivity index (χ4n) is 13.3. The summed E-state index contributed by atoms with van der Waals surface area (Å²) >= 11 is 0. The first-order chi connectivity index (χ1) is 31.0. The van der Waals surface area contributed by atoms with Crippen molar-refractivity contribution < 1.29 is 9.47 Å². The van der Waals surface area contributed by atoms with E-state index in [4.69, 9.17) is 9.47 Å². The van der Waals surface area contributed by atoms with Crippen molar-refractivity contribution in [3.8, 4) is 67.5 Å². The largest absolute Gasteiger partial charge is 0.458 e. The van der Waals surface area contributed by atoms with Crippen LogP contribution in [0.15, 0.2) is 121 Å². The van der Waals surface area contributed by atoms with Gasteiger partial charge in [-0.3, -0.25) is 0 Å². The van der Waals surface area contributed by atoms with Gasteiger partial charge in [0.25, 0.3) is 13.4 Å². The second-order valence-corrected chi connectivity index (χ2v) is 19.6. The van der Waals surface area contributed by atoms with E-state index in [1.54, 1.807) is 0 Å². The zero-order valence-electron chi connectivity index (χ0n) is 37.5. The Labute approximate surface area is 375 Å². The number of rotatable bonds is 2. The average molecular weight is 819 g/mol. The normalized spacial score (nSPS) is 13.5. The van der Waals surface area contributed by atoms with Crippen molar-refractivity contribution in [3.05, 3.63) is 166 Å². The molecule has 302 valence electrons. The lowest BCUT2D eigenvalue weighted by molar-refractivity contribution is 0.487. The third-order valence-corrected chi connectivity index (χ3v) is 15.3. The topological polar surface area (TPSA) is 18.5 Å². The maximum Gasteiger partial charge on any atom is 0.252 e. The molecule has 0 aliphatic carbocycles. The summed E-state index contributed by atoms with van der Waals surface area (Å²) in [5.74, 6) is 3.83. The van der Waals surface area contributed by atoms with Crippen molar-refractivity contribution in [2.45, 2.75) is 55.4 Å². The van der Waals surface area contributed by atoms with Crippen molar-refractivity contribution in [2.24, 2.45) is 0 Å². The van der Waals surface area contributed by atoms with Gasteiger partial charge >= 0.3 is 0 Å². The molecular formula is C60H44B2O2. The highest BCUT2D eigenvalue weighted by Gasteiger charge is 2.44. The van der Waals surface area contributed by atoms with E-state index in [9.17, 15) is 0 Å². The van der Waals surface area contributed by atoms with Gasteiger partial charge in [-0.2, -0.15) is 0 Å². The van der Waals surface area contributed by atoms with Gasteiger partial charge in [-0.25, -0.2) is 0 Å². The van der Waals surface area contributed by atoms with E-state index in [0.717, 1.165) is 23.0 Å². The van der Waals surface area contributed by atoms with E-state index >= 15 is 0 Å². The van der Waals surface area contributed by atoms with Crippen molar-refractivity contribution in [2.75, 3.05) is 0 Å². The molecule has 0 bridgehead atoms. The second kappa shape index (κ2) is 12.4. The number of hydrogen-bond donors (Lipinski definition) is 0. The summed E-state index contributed by atoms with van der Waals surface area (Å²) in [5.41, 5.74) is 28.4. The summed E-state index contributed by atoms with van der Waals surface area (Å²) in [6.07, 6.45) is 0. The third-order valence-electron chi connectivity index (χ3n) is 15.3. The molecule has 64 heavy (non-hydrogen) atoms. The Kier molecular flexibility index (Phi) is 7.04. The van der Waals surface area contributed by atoms with Crippen molar-refractivity contribution in [1.29, 1.82) is 0 Å². The predicted octanol–water partition coefficient (Wildman–Crippen LogP) is 11.6. The zero-order valence-corrected chi connectivity index (χ0v) is 37.5. The third kappa shape index (κ3) is 4.58. The molecule has 10 aromatic rings. The molecule has 0 saturated heterocycles. The van der Waals surface area contributed by atoms with Crippen LogP contribution >= 0.6 is 0 Å². The first-order valence-electron chi connectivity index (χ1n) is 22.9. The first-order valence-corrected chi connectivity index (χ1v) is 22.9. The molecule has 4 heterocycles. The summed E-state index contributed by atoms with van der Waals surface area (Å²) in [5, 5.41) is 8.13. The molecule has 0 spiro atoms. The minimum atomic E-state index is 0.0109. The van der Waals surface area contributed by atoms with Crippen LogP contribution in [-0.4, -0.2) is 13.4 Å². The SMILES string of the molecule is Cc1cc(C)c(-c2cc3c4c(cc5c(-c6c(C)cc(C)cc6C)cc6c7c(cc2c4c57)B2c4ccccc4Oc4cc(C)cc-6c42)B2c4ccccc4Oc4cc(C)cc-3c42)c(C)c1. The van der Waals surface area contributed by atoms with Gasteiger partial charge in [0.1, 0.15) is 23.0 Å². The fourth-order valence-corrected chi connectivity index (χ4v) is 13.3. The van der Waals surface area contributed by atoms with Crippen LogP contribution in [0.5, 0.6) is 23.0 Å².